The van der Waals surface area contributed by atoms with Crippen molar-refractivity contribution in [3.63, 3.8) is 0 Å². The molecule has 0 spiro atoms. The first-order chi connectivity index (χ1) is 29.4. The second-order valence-corrected chi connectivity index (χ2v) is 14.1. The zero-order chi connectivity index (χ0) is 44.0. The number of carbonyl (C=O) groups excluding carboxylic acids is 6. The van der Waals surface area contributed by atoms with E-state index in [-0.39, 0.29) is 44.6 Å². The summed E-state index contributed by atoms with van der Waals surface area (Å²) in [4.78, 5) is 94.1. The number of ether oxygens (including phenoxy) is 1. The second-order valence-electron chi connectivity index (χ2n) is 14.1. The number of methoxy groups -OCH3 is 1. The van der Waals surface area contributed by atoms with E-state index in [1.165, 1.54) is 13.2 Å². The van der Waals surface area contributed by atoms with E-state index in [1.807, 2.05) is 25.1 Å². The standard InChI is InChI=1S/C45H51N7O9/c1-30-11-6-7-15-35(30)52-45(60)48-34-20-17-32(18-21-34)28-40(54)49-36(16-8-9-26-47-39(53)23-19-33-14-10-25-46-29-33)42(56)50-37(22-24-41(55)61-2)43(57)51-38(44(58)59)27-31-12-4-3-5-13-31/h3-7,10-15,17-21,23,25,29,36-38H,8-9,16,22,24,26-28H2,1-2H3,(H,47,53)(H,49,54)(H,50,56)(H,51,57)(H,58,59)(H2,48,52,60)/b23-19+/t36-,37-,38-/m0/s1. The van der Waals surface area contributed by atoms with Gasteiger partial charge in [-0.25, -0.2) is 9.59 Å². The average molecular weight is 834 g/mol. The quantitative estimate of drug-likeness (QED) is 0.0337. The highest BCUT2D eigenvalue weighted by molar-refractivity contribution is 6.00. The molecular formula is C45H51N7O9. The maximum absolute atomic E-state index is 13.9. The molecule has 3 aromatic carbocycles. The number of aromatic nitrogens is 1. The van der Waals surface area contributed by atoms with Crippen LogP contribution >= 0.6 is 0 Å². The maximum atomic E-state index is 13.9. The molecule has 0 aliphatic heterocycles. The lowest BCUT2D eigenvalue weighted by atomic mass is 10.0. The van der Waals surface area contributed by atoms with Crippen molar-refractivity contribution in [2.45, 2.75) is 70.0 Å². The van der Waals surface area contributed by atoms with E-state index in [0.29, 0.717) is 35.3 Å². The molecule has 16 nitrogen and oxygen atoms in total. The third kappa shape index (κ3) is 16.8. The number of urea groups is 1. The number of para-hydroxylation sites is 1. The number of aliphatic carboxylic acids is 1. The van der Waals surface area contributed by atoms with Crippen molar-refractivity contribution in [2.24, 2.45) is 0 Å². The fraction of sp³-hybridized carbons (Fsp3) is 0.289. The van der Waals surface area contributed by atoms with E-state index in [9.17, 15) is 38.7 Å². The van der Waals surface area contributed by atoms with Crippen molar-refractivity contribution in [2.75, 3.05) is 24.3 Å². The SMILES string of the molecule is COC(=O)CC[C@H](NC(=O)[C@H](CCCCNC(=O)/C=C/c1cccnc1)NC(=O)Cc1ccc(NC(=O)Nc2ccccc2C)cc1)C(=O)N[C@@H](Cc1ccccc1)C(=O)O. The Bertz CT molecular complexity index is 2130. The number of carbonyl (C=O) groups is 7. The fourth-order valence-electron chi connectivity index (χ4n) is 6.02. The number of aryl methyl sites for hydroxylation is 1. The van der Waals surface area contributed by atoms with Crippen LogP contribution in [0.3, 0.4) is 0 Å². The Morgan fingerprint density at radius 1 is 0.738 bits per heavy atom. The lowest BCUT2D eigenvalue weighted by molar-refractivity contribution is -0.143. The largest absolute Gasteiger partial charge is 0.480 e. The predicted molar refractivity (Wildman–Crippen MR) is 229 cm³/mol. The van der Waals surface area contributed by atoms with Crippen LogP contribution in [0.15, 0.2) is 109 Å². The number of amides is 6. The highest BCUT2D eigenvalue weighted by Gasteiger charge is 2.30. The van der Waals surface area contributed by atoms with Crippen LogP contribution < -0.4 is 31.9 Å². The molecule has 7 N–H and O–H groups in total. The van der Waals surface area contributed by atoms with Crippen LogP contribution in [0, 0.1) is 6.92 Å². The average Bonchev–Trinajstić information content (AvgIpc) is 3.25. The number of rotatable bonds is 22. The summed E-state index contributed by atoms with van der Waals surface area (Å²) in [6, 6.07) is 21.8. The number of carboxylic acid groups (broad SMARTS) is 1. The molecule has 0 saturated carbocycles. The highest BCUT2D eigenvalue weighted by atomic mass is 16.5. The number of nitrogens with zero attached hydrogens (tertiary/aromatic N) is 1. The first kappa shape index (κ1) is 46.3. The van der Waals surface area contributed by atoms with Gasteiger partial charge in [0.1, 0.15) is 18.1 Å². The van der Waals surface area contributed by atoms with E-state index in [0.717, 1.165) is 11.1 Å². The third-order valence-electron chi connectivity index (χ3n) is 9.35. The van der Waals surface area contributed by atoms with Crippen LogP contribution in [-0.2, 0) is 46.3 Å². The van der Waals surface area contributed by atoms with Crippen molar-refractivity contribution in [3.8, 4) is 0 Å². The highest BCUT2D eigenvalue weighted by Crippen LogP contribution is 2.16. The van der Waals surface area contributed by atoms with Gasteiger partial charge in [-0.3, -0.25) is 29.0 Å². The number of hydrogen-bond acceptors (Lipinski definition) is 9. The molecule has 320 valence electrons. The van der Waals surface area contributed by atoms with E-state index in [1.54, 1.807) is 91.3 Å². The number of hydrogen-bond donors (Lipinski definition) is 7. The van der Waals surface area contributed by atoms with Crippen LogP contribution in [-0.4, -0.2) is 83.5 Å². The summed E-state index contributed by atoms with van der Waals surface area (Å²) >= 11 is 0. The van der Waals surface area contributed by atoms with Gasteiger partial charge in [-0.1, -0.05) is 66.7 Å². The molecular weight excluding hydrogens is 783 g/mol. The molecule has 6 amide bonds. The van der Waals surface area contributed by atoms with Crippen LogP contribution in [0.2, 0.25) is 0 Å². The molecule has 16 heteroatoms. The number of esters is 1. The van der Waals surface area contributed by atoms with Gasteiger partial charge >= 0.3 is 18.0 Å². The van der Waals surface area contributed by atoms with Gasteiger partial charge in [0.25, 0.3) is 0 Å². The van der Waals surface area contributed by atoms with Crippen molar-refractivity contribution in [1.82, 2.24) is 26.3 Å². The van der Waals surface area contributed by atoms with Crippen LogP contribution in [0.5, 0.6) is 0 Å². The minimum absolute atomic E-state index is 0.0360. The van der Waals surface area contributed by atoms with Crippen molar-refractivity contribution < 1.29 is 43.4 Å². The van der Waals surface area contributed by atoms with Gasteiger partial charge in [-0.15, -0.1) is 0 Å². The molecule has 0 aliphatic carbocycles. The zero-order valence-electron chi connectivity index (χ0n) is 34.0. The molecule has 0 unspecified atom stereocenters. The van der Waals surface area contributed by atoms with E-state index < -0.39 is 53.8 Å². The summed E-state index contributed by atoms with van der Waals surface area (Å²) < 4.78 is 4.73. The van der Waals surface area contributed by atoms with Gasteiger partial charge in [0.2, 0.25) is 23.6 Å². The molecule has 3 atom stereocenters. The zero-order valence-corrected chi connectivity index (χ0v) is 34.0. The monoisotopic (exact) mass is 833 g/mol. The Morgan fingerprint density at radius 3 is 2.10 bits per heavy atom. The molecule has 4 aromatic rings. The van der Waals surface area contributed by atoms with Crippen LogP contribution in [0.4, 0.5) is 16.2 Å². The normalized spacial score (nSPS) is 12.2. The predicted octanol–water partition coefficient (Wildman–Crippen LogP) is 4.31. The number of pyridine rings is 1. The molecule has 4 rings (SSSR count). The first-order valence-corrected chi connectivity index (χ1v) is 19.7. The summed E-state index contributed by atoms with van der Waals surface area (Å²) in [5.74, 6) is -4.37. The van der Waals surface area contributed by atoms with Crippen molar-refractivity contribution in [1.29, 1.82) is 0 Å². The van der Waals surface area contributed by atoms with E-state index in [4.69, 9.17) is 4.74 Å². The number of benzene rings is 3. The molecule has 0 aliphatic rings. The topological polar surface area (TPSA) is 234 Å². The summed E-state index contributed by atoms with van der Waals surface area (Å²) in [6.45, 7) is 2.14. The van der Waals surface area contributed by atoms with Gasteiger partial charge in [0.05, 0.1) is 13.5 Å². The first-order valence-electron chi connectivity index (χ1n) is 19.7. The smallest absolute Gasteiger partial charge is 0.326 e. The lowest BCUT2D eigenvalue weighted by Crippen LogP contribution is -2.56. The fourth-order valence-corrected chi connectivity index (χ4v) is 6.02. The van der Waals surface area contributed by atoms with Crippen molar-refractivity contribution >= 4 is 59.0 Å². The van der Waals surface area contributed by atoms with Crippen LogP contribution in [0.1, 0.15) is 54.4 Å². The Hall–Kier alpha value is -7.36. The van der Waals surface area contributed by atoms with Gasteiger partial charge in [-0.05, 0) is 85.2 Å². The number of unbranched alkanes of at least 4 members (excludes halogenated alkanes) is 1. The Morgan fingerprint density at radius 2 is 1.43 bits per heavy atom. The number of nitrogens with one attached hydrogen (secondary N) is 6. The van der Waals surface area contributed by atoms with Crippen LogP contribution in [0.25, 0.3) is 6.08 Å². The molecule has 1 heterocycles. The Balaban J connectivity index is 1.42. The van der Waals surface area contributed by atoms with Gasteiger partial charge in [0.15, 0.2) is 0 Å². The molecule has 0 radical (unpaired) electrons. The Labute approximate surface area is 353 Å². The third-order valence-corrected chi connectivity index (χ3v) is 9.35. The maximum Gasteiger partial charge on any atom is 0.326 e. The molecule has 0 fully saturated rings. The number of carboxylic acids is 1. The Kier molecular flexibility index (Phi) is 18.6. The van der Waals surface area contributed by atoms with Gasteiger partial charge in [-0.2, -0.15) is 0 Å². The van der Waals surface area contributed by atoms with Crippen molar-refractivity contribution in [3.05, 3.63) is 132 Å². The summed E-state index contributed by atoms with van der Waals surface area (Å²) in [5, 5.41) is 26.1. The van der Waals surface area contributed by atoms with E-state index >= 15 is 0 Å². The molecule has 0 bridgehead atoms. The minimum Gasteiger partial charge on any atom is -0.480 e. The minimum atomic E-state index is -1.36. The summed E-state index contributed by atoms with van der Waals surface area (Å²) in [7, 11) is 1.18. The van der Waals surface area contributed by atoms with Gasteiger partial charge in [0, 0.05) is 49.2 Å². The second kappa shape index (κ2) is 24.5. The lowest BCUT2D eigenvalue weighted by Gasteiger charge is -2.24. The molecule has 0 saturated heterocycles. The van der Waals surface area contributed by atoms with E-state index in [2.05, 4.69) is 36.9 Å². The molecule has 61 heavy (non-hydrogen) atoms. The van der Waals surface area contributed by atoms with Gasteiger partial charge < -0.3 is 41.7 Å². The number of anilines is 2. The molecule has 1 aromatic heterocycles. The summed E-state index contributed by atoms with van der Waals surface area (Å²) in [5.41, 5.74) is 4.03. The summed E-state index contributed by atoms with van der Waals surface area (Å²) in [6.07, 6.45) is 6.49.